The topological polar surface area (TPSA) is 72.8 Å². The molecular formula is C6H12N2O3. The summed E-state index contributed by atoms with van der Waals surface area (Å²) in [7, 11) is 0. The van der Waals surface area contributed by atoms with E-state index < -0.39 is 12.3 Å². The zero-order chi connectivity index (χ0) is 8.27. The molecule has 64 valence electrons. The first-order chi connectivity index (χ1) is 5.20. The number of hydrogen-bond donors (Lipinski definition) is 3. The first-order valence-corrected chi connectivity index (χ1v) is 3.65. The van der Waals surface area contributed by atoms with Crippen LogP contribution in [0.1, 0.15) is 19.3 Å². The molecule has 1 fully saturated rings. The average molecular weight is 160 g/mol. The monoisotopic (exact) mass is 160 g/mol. The number of carboxylic acid groups (broad SMARTS) is 1. The van der Waals surface area contributed by atoms with Crippen molar-refractivity contribution in [2.45, 2.75) is 25.4 Å². The van der Waals surface area contributed by atoms with Gasteiger partial charge < -0.3 is 15.6 Å². The van der Waals surface area contributed by atoms with Crippen LogP contribution in [0.15, 0.2) is 0 Å². The van der Waals surface area contributed by atoms with E-state index in [1.54, 1.807) is 0 Å². The highest BCUT2D eigenvalue weighted by Gasteiger charge is 2.21. The standard InChI is InChI=1S/C6H12N2O3/c9-6(10)7-5-3-1-2-4-8(5)11/h5,7,11H,1-4H2,(H,9,10). The van der Waals surface area contributed by atoms with Gasteiger partial charge in [0.15, 0.2) is 0 Å². The fourth-order valence-electron chi connectivity index (χ4n) is 1.21. The van der Waals surface area contributed by atoms with Crippen LogP contribution in [-0.2, 0) is 0 Å². The lowest BCUT2D eigenvalue weighted by Gasteiger charge is -2.29. The van der Waals surface area contributed by atoms with Gasteiger partial charge in [0.2, 0.25) is 0 Å². The Morgan fingerprint density at radius 1 is 1.55 bits per heavy atom. The largest absolute Gasteiger partial charge is 0.465 e. The highest BCUT2D eigenvalue weighted by atomic mass is 16.5. The molecular weight excluding hydrogens is 148 g/mol. The molecule has 0 saturated carbocycles. The molecule has 0 spiro atoms. The summed E-state index contributed by atoms with van der Waals surface area (Å²) >= 11 is 0. The molecule has 1 aliphatic heterocycles. The Morgan fingerprint density at radius 2 is 2.27 bits per heavy atom. The van der Waals surface area contributed by atoms with Gasteiger partial charge in [-0.2, -0.15) is 5.06 Å². The van der Waals surface area contributed by atoms with Gasteiger partial charge in [0.1, 0.15) is 6.17 Å². The number of carbonyl (C=O) groups is 1. The van der Waals surface area contributed by atoms with Gasteiger partial charge in [0.05, 0.1) is 0 Å². The summed E-state index contributed by atoms with van der Waals surface area (Å²) in [6.45, 7) is 0.547. The van der Waals surface area contributed by atoms with E-state index in [-0.39, 0.29) is 0 Å². The molecule has 0 aromatic heterocycles. The highest BCUT2D eigenvalue weighted by Crippen LogP contribution is 2.11. The van der Waals surface area contributed by atoms with E-state index in [9.17, 15) is 4.79 Å². The van der Waals surface area contributed by atoms with Crippen LogP contribution in [0.3, 0.4) is 0 Å². The zero-order valence-electron chi connectivity index (χ0n) is 6.16. The molecule has 0 aliphatic carbocycles. The Kier molecular flexibility index (Phi) is 2.67. The van der Waals surface area contributed by atoms with Gasteiger partial charge in [-0.1, -0.05) is 0 Å². The molecule has 1 atom stereocenters. The maximum atomic E-state index is 10.2. The Bertz CT molecular complexity index is 151. The number of hydroxylamine groups is 2. The lowest BCUT2D eigenvalue weighted by Crippen LogP contribution is -2.48. The summed E-state index contributed by atoms with van der Waals surface area (Å²) in [5.74, 6) is 0. The summed E-state index contributed by atoms with van der Waals surface area (Å²) in [5.41, 5.74) is 0. The smallest absolute Gasteiger partial charge is 0.405 e. The van der Waals surface area contributed by atoms with Crippen molar-refractivity contribution in [2.75, 3.05) is 6.54 Å². The van der Waals surface area contributed by atoms with Crippen LogP contribution in [0, 0.1) is 0 Å². The van der Waals surface area contributed by atoms with Crippen molar-refractivity contribution in [3.63, 3.8) is 0 Å². The van der Waals surface area contributed by atoms with Crippen LogP contribution in [0.2, 0.25) is 0 Å². The lowest BCUT2D eigenvalue weighted by molar-refractivity contribution is -0.148. The van der Waals surface area contributed by atoms with Crippen molar-refractivity contribution in [3.05, 3.63) is 0 Å². The Hall–Kier alpha value is -0.810. The highest BCUT2D eigenvalue weighted by molar-refractivity contribution is 5.64. The minimum atomic E-state index is -1.09. The normalized spacial score (nSPS) is 26.5. The van der Waals surface area contributed by atoms with E-state index in [2.05, 4.69) is 5.32 Å². The minimum Gasteiger partial charge on any atom is -0.465 e. The van der Waals surface area contributed by atoms with E-state index in [1.165, 1.54) is 0 Å². The van der Waals surface area contributed by atoms with Crippen LogP contribution in [-0.4, -0.2) is 34.2 Å². The summed E-state index contributed by atoms with van der Waals surface area (Å²) in [5, 5.41) is 20.7. The molecule has 1 aliphatic rings. The molecule has 5 heteroatoms. The van der Waals surface area contributed by atoms with Gasteiger partial charge >= 0.3 is 6.09 Å². The molecule has 11 heavy (non-hydrogen) atoms. The van der Waals surface area contributed by atoms with Gasteiger partial charge in [-0.25, -0.2) is 4.79 Å². The van der Waals surface area contributed by atoms with Crippen LogP contribution in [0.25, 0.3) is 0 Å². The first-order valence-electron chi connectivity index (χ1n) is 3.65. The molecule has 0 aromatic carbocycles. The number of amides is 1. The van der Waals surface area contributed by atoms with Gasteiger partial charge in [0, 0.05) is 6.54 Å². The van der Waals surface area contributed by atoms with Crippen molar-refractivity contribution in [1.29, 1.82) is 0 Å². The van der Waals surface area contributed by atoms with E-state index in [1.807, 2.05) is 0 Å². The number of nitrogens with one attached hydrogen (secondary N) is 1. The molecule has 0 aromatic rings. The molecule has 3 N–H and O–H groups in total. The Balaban J connectivity index is 2.35. The van der Waals surface area contributed by atoms with Gasteiger partial charge in [0.25, 0.3) is 0 Å². The third-order valence-corrected chi connectivity index (χ3v) is 1.76. The molecule has 0 radical (unpaired) electrons. The summed E-state index contributed by atoms with van der Waals surface area (Å²) in [6, 6.07) is 0. The minimum absolute atomic E-state index is 0.416. The Labute approximate surface area is 64.6 Å². The third-order valence-electron chi connectivity index (χ3n) is 1.76. The SMILES string of the molecule is O=C(O)NC1CCCCN1O. The lowest BCUT2D eigenvalue weighted by atomic mass is 10.1. The number of rotatable bonds is 1. The van der Waals surface area contributed by atoms with Crippen molar-refractivity contribution in [2.24, 2.45) is 0 Å². The molecule has 1 heterocycles. The van der Waals surface area contributed by atoms with Crippen molar-refractivity contribution < 1.29 is 15.1 Å². The van der Waals surface area contributed by atoms with Crippen LogP contribution >= 0.6 is 0 Å². The third kappa shape index (κ3) is 2.36. The van der Waals surface area contributed by atoms with Crippen molar-refractivity contribution in [1.82, 2.24) is 10.4 Å². The van der Waals surface area contributed by atoms with E-state index in [4.69, 9.17) is 10.3 Å². The van der Waals surface area contributed by atoms with E-state index >= 15 is 0 Å². The number of hydrogen-bond acceptors (Lipinski definition) is 3. The maximum absolute atomic E-state index is 10.2. The molecule has 1 saturated heterocycles. The predicted molar refractivity (Wildman–Crippen MR) is 37.3 cm³/mol. The second-order valence-corrected chi connectivity index (χ2v) is 2.62. The fourth-order valence-corrected chi connectivity index (χ4v) is 1.21. The zero-order valence-corrected chi connectivity index (χ0v) is 6.16. The summed E-state index contributed by atoms with van der Waals surface area (Å²) < 4.78 is 0. The van der Waals surface area contributed by atoms with Gasteiger partial charge in [-0.3, -0.25) is 0 Å². The van der Waals surface area contributed by atoms with Gasteiger partial charge in [-0.05, 0) is 19.3 Å². The second kappa shape index (κ2) is 3.54. The molecule has 0 bridgehead atoms. The maximum Gasteiger partial charge on any atom is 0.405 e. The Morgan fingerprint density at radius 3 is 2.82 bits per heavy atom. The van der Waals surface area contributed by atoms with Crippen LogP contribution in [0.5, 0.6) is 0 Å². The van der Waals surface area contributed by atoms with Gasteiger partial charge in [-0.15, -0.1) is 0 Å². The molecule has 1 unspecified atom stereocenters. The second-order valence-electron chi connectivity index (χ2n) is 2.62. The predicted octanol–water partition coefficient (Wildman–Crippen LogP) is 0.455. The van der Waals surface area contributed by atoms with Crippen LogP contribution in [0.4, 0.5) is 4.79 Å². The molecule has 1 rings (SSSR count). The molecule has 5 nitrogen and oxygen atoms in total. The quantitative estimate of drug-likeness (QED) is 0.521. The summed E-state index contributed by atoms with van der Waals surface area (Å²) in [6.07, 6.45) is 1.07. The summed E-state index contributed by atoms with van der Waals surface area (Å²) in [4.78, 5) is 10.2. The van der Waals surface area contributed by atoms with Crippen molar-refractivity contribution >= 4 is 6.09 Å². The van der Waals surface area contributed by atoms with Crippen molar-refractivity contribution in [3.8, 4) is 0 Å². The van der Waals surface area contributed by atoms with Crippen LogP contribution < -0.4 is 5.32 Å². The fraction of sp³-hybridized carbons (Fsp3) is 0.833. The number of piperidine rings is 1. The van der Waals surface area contributed by atoms with E-state index in [0.717, 1.165) is 17.9 Å². The molecule has 1 amide bonds. The van der Waals surface area contributed by atoms with E-state index in [0.29, 0.717) is 13.0 Å². The average Bonchev–Trinajstić information content (AvgIpc) is 1.93. The number of nitrogens with zero attached hydrogens (tertiary/aromatic N) is 1. The first kappa shape index (κ1) is 8.29.